The van der Waals surface area contributed by atoms with Crippen molar-refractivity contribution in [2.24, 2.45) is 8.73 Å². The topological polar surface area (TPSA) is 116 Å². The fraction of sp³-hybridized carbons (Fsp3) is 0.294. The van der Waals surface area contributed by atoms with Crippen molar-refractivity contribution in [3.8, 4) is 0 Å². The number of fused-ring (bicyclic) bond motifs is 1. The molecule has 0 aliphatic carbocycles. The number of hydrogen-bond donors (Lipinski definition) is 3. The summed E-state index contributed by atoms with van der Waals surface area (Å²) in [6, 6.07) is 5.26. The number of rotatable bonds is 5. The van der Waals surface area contributed by atoms with E-state index < -0.39 is 24.6 Å². The van der Waals surface area contributed by atoms with E-state index in [1.165, 1.54) is 0 Å². The van der Waals surface area contributed by atoms with Crippen molar-refractivity contribution in [3.05, 3.63) is 40.7 Å². The normalized spacial score (nSPS) is 13.1. The summed E-state index contributed by atoms with van der Waals surface area (Å²) in [7, 11) is 0. The minimum Gasteiger partial charge on any atom is -0.451 e. The van der Waals surface area contributed by atoms with E-state index in [2.05, 4.69) is 19.0 Å². The molecule has 1 atom stereocenters. The number of hydrogen-bond acceptors (Lipinski definition) is 6. The summed E-state index contributed by atoms with van der Waals surface area (Å²) < 4.78 is 13.3. The van der Waals surface area contributed by atoms with Gasteiger partial charge < -0.3 is 20.1 Å². The number of anilines is 1. The third-order valence-corrected chi connectivity index (χ3v) is 4.55. The van der Waals surface area contributed by atoms with Crippen LogP contribution < -0.4 is 5.32 Å². The molecular weight excluding hydrogens is 356 g/mol. The number of aromatic nitrogens is 1. The first-order chi connectivity index (χ1) is 12.4. The molecular formula is C17H18N4O4S. The molecule has 1 aromatic carbocycles. The van der Waals surface area contributed by atoms with Crippen LogP contribution in [0.5, 0.6) is 0 Å². The highest BCUT2D eigenvalue weighted by Crippen LogP contribution is 2.38. The number of nitrogens with one attached hydrogen (secondary N) is 2. The largest absolute Gasteiger partial charge is 0.451 e. The molecule has 8 nitrogen and oxygen atoms in total. The number of aliphatic hydroxyl groups is 1. The molecule has 0 radical (unpaired) electrons. The van der Waals surface area contributed by atoms with Crippen molar-refractivity contribution in [3.63, 3.8) is 0 Å². The summed E-state index contributed by atoms with van der Waals surface area (Å²) in [6.45, 7) is 4.67. The molecule has 1 amide bonds. The summed E-state index contributed by atoms with van der Waals surface area (Å²) >= 11 is 1.06. The lowest BCUT2D eigenvalue weighted by Crippen LogP contribution is -2.21. The first kappa shape index (κ1) is 18.0. The molecule has 0 bridgehead atoms. The third-order valence-electron chi connectivity index (χ3n) is 4.01. The first-order valence-corrected chi connectivity index (χ1v) is 8.67. The second-order valence-corrected chi connectivity index (χ2v) is 6.43. The Morgan fingerprint density at radius 3 is 2.81 bits per heavy atom. The maximum absolute atomic E-state index is 12.2. The number of amides is 1. The Morgan fingerprint density at radius 1 is 1.35 bits per heavy atom. The van der Waals surface area contributed by atoms with E-state index >= 15 is 0 Å². The Balaban J connectivity index is 1.64. The van der Waals surface area contributed by atoms with E-state index in [1.807, 2.05) is 0 Å². The highest BCUT2D eigenvalue weighted by atomic mass is 32.1. The number of ether oxygens (including phenoxy) is 1. The molecule has 3 rings (SSSR count). The Labute approximate surface area is 153 Å². The SMILES string of the molecule is Cc1[nH]c(C(=O)OCC(=O)Nc2cccc3c2N=S=N3)c(C)c1[C@@H](C)O. The van der Waals surface area contributed by atoms with Crippen molar-refractivity contribution in [1.82, 2.24) is 4.98 Å². The number of nitrogens with zero attached hydrogens (tertiary/aromatic N) is 2. The average molecular weight is 374 g/mol. The van der Waals surface area contributed by atoms with Crippen LogP contribution in [-0.2, 0) is 20.9 Å². The van der Waals surface area contributed by atoms with Crippen LogP contribution >= 0.6 is 0 Å². The number of carbonyl (C=O) groups is 2. The van der Waals surface area contributed by atoms with Gasteiger partial charge in [0.2, 0.25) is 0 Å². The molecule has 26 heavy (non-hydrogen) atoms. The summed E-state index contributed by atoms with van der Waals surface area (Å²) in [5.41, 5.74) is 3.99. The van der Waals surface area contributed by atoms with Crippen LogP contribution in [0.25, 0.3) is 0 Å². The lowest BCUT2D eigenvalue weighted by atomic mass is 10.1. The minimum absolute atomic E-state index is 0.233. The van der Waals surface area contributed by atoms with Crippen LogP contribution in [0.15, 0.2) is 26.9 Å². The molecule has 2 heterocycles. The zero-order valence-corrected chi connectivity index (χ0v) is 15.3. The van der Waals surface area contributed by atoms with Gasteiger partial charge in [0.1, 0.15) is 17.1 Å². The maximum atomic E-state index is 12.2. The number of esters is 1. The molecule has 0 unspecified atom stereocenters. The number of H-pyrrole nitrogens is 1. The van der Waals surface area contributed by atoms with Crippen molar-refractivity contribution in [2.45, 2.75) is 26.9 Å². The smallest absolute Gasteiger partial charge is 0.355 e. The maximum Gasteiger partial charge on any atom is 0.355 e. The zero-order chi connectivity index (χ0) is 18.8. The average Bonchev–Trinajstić information content (AvgIpc) is 3.17. The van der Waals surface area contributed by atoms with Crippen LogP contribution in [-0.4, -0.2) is 28.6 Å². The van der Waals surface area contributed by atoms with Gasteiger partial charge in [0.05, 0.1) is 23.1 Å². The molecule has 3 N–H and O–H groups in total. The lowest BCUT2D eigenvalue weighted by Gasteiger charge is -2.08. The molecule has 1 aliphatic rings. The summed E-state index contributed by atoms with van der Waals surface area (Å²) in [5.74, 6) is -1.13. The van der Waals surface area contributed by atoms with E-state index in [4.69, 9.17) is 4.74 Å². The zero-order valence-electron chi connectivity index (χ0n) is 14.5. The van der Waals surface area contributed by atoms with Crippen LogP contribution in [0.1, 0.15) is 40.3 Å². The number of aryl methyl sites for hydroxylation is 1. The van der Waals surface area contributed by atoms with Gasteiger partial charge in [-0.15, -0.1) is 0 Å². The van der Waals surface area contributed by atoms with Gasteiger partial charge in [0.25, 0.3) is 5.91 Å². The summed E-state index contributed by atoms with van der Waals surface area (Å²) in [5, 5.41) is 12.5. The van der Waals surface area contributed by atoms with Crippen molar-refractivity contribution in [2.75, 3.05) is 11.9 Å². The monoisotopic (exact) mass is 374 g/mol. The highest BCUT2D eigenvalue weighted by molar-refractivity contribution is 7.58. The Kier molecular flexibility index (Phi) is 5.01. The molecule has 1 aliphatic heterocycles. The van der Waals surface area contributed by atoms with Gasteiger partial charge in [-0.05, 0) is 38.5 Å². The number of aromatic amines is 1. The molecule has 0 saturated heterocycles. The fourth-order valence-electron chi connectivity index (χ4n) is 2.89. The molecule has 136 valence electrons. The van der Waals surface area contributed by atoms with Gasteiger partial charge in [-0.3, -0.25) is 4.79 Å². The van der Waals surface area contributed by atoms with Crippen molar-refractivity contribution >= 4 is 40.3 Å². The highest BCUT2D eigenvalue weighted by Gasteiger charge is 2.22. The molecule has 0 fully saturated rings. The van der Waals surface area contributed by atoms with Gasteiger partial charge in [0.15, 0.2) is 6.61 Å². The quantitative estimate of drug-likeness (QED) is 0.595. The number of benzene rings is 1. The molecule has 1 aromatic heterocycles. The van der Waals surface area contributed by atoms with E-state index in [0.29, 0.717) is 33.9 Å². The number of carbonyl (C=O) groups excluding carboxylic acids is 2. The van der Waals surface area contributed by atoms with E-state index in [-0.39, 0.29) is 5.69 Å². The predicted octanol–water partition coefficient (Wildman–Crippen LogP) is 3.21. The summed E-state index contributed by atoms with van der Waals surface area (Å²) in [4.78, 5) is 27.2. The number of aliphatic hydroxyl groups excluding tert-OH is 1. The van der Waals surface area contributed by atoms with E-state index in [0.717, 1.165) is 11.4 Å². The van der Waals surface area contributed by atoms with Crippen LogP contribution in [0.4, 0.5) is 17.1 Å². The van der Waals surface area contributed by atoms with Crippen LogP contribution in [0.3, 0.4) is 0 Å². The third kappa shape index (κ3) is 3.44. The van der Waals surface area contributed by atoms with Gasteiger partial charge in [-0.25, -0.2) is 4.79 Å². The second kappa shape index (κ2) is 7.22. The minimum atomic E-state index is -0.705. The summed E-state index contributed by atoms with van der Waals surface area (Å²) in [6.07, 6.45) is -0.705. The van der Waals surface area contributed by atoms with Crippen LogP contribution in [0, 0.1) is 13.8 Å². The Bertz CT molecular complexity index is 958. The van der Waals surface area contributed by atoms with Crippen molar-refractivity contribution < 1.29 is 19.4 Å². The molecule has 0 spiro atoms. The molecule has 2 aromatic rings. The molecule has 0 saturated carbocycles. The predicted molar refractivity (Wildman–Crippen MR) is 97.8 cm³/mol. The van der Waals surface area contributed by atoms with Crippen LogP contribution in [0.2, 0.25) is 0 Å². The standard InChI is InChI=1S/C17H18N4O4S/c1-8-14(10(3)22)9(2)18-15(8)17(24)25-7-13(23)19-11-5-4-6-12-16(11)21-26-20-12/h4-6,10,18,22H,7H2,1-3H3,(H,19,23)/t10-/m1/s1. The Hall–Kier alpha value is -2.78. The van der Waals surface area contributed by atoms with E-state index in [1.54, 1.807) is 39.0 Å². The van der Waals surface area contributed by atoms with E-state index in [9.17, 15) is 14.7 Å². The molecule has 9 heteroatoms. The van der Waals surface area contributed by atoms with Gasteiger partial charge in [0, 0.05) is 11.3 Å². The fourth-order valence-corrected chi connectivity index (χ4v) is 3.44. The lowest BCUT2D eigenvalue weighted by molar-refractivity contribution is -0.119. The van der Waals surface area contributed by atoms with Crippen molar-refractivity contribution in [1.29, 1.82) is 0 Å². The van der Waals surface area contributed by atoms with Gasteiger partial charge in [-0.1, -0.05) is 6.07 Å². The first-order valence-electron chi connectivity index (χ1n) is 7.94. The second-order valence-electron chi connectivity index (χ2n) is 5.90. The van der Waals surface area contributed by atoms with Gasteiger partial charge in [-0.2, -0.15) is 8.73 Å². The van der Waals surface area contributed by atoms with Gasteiger partial charge >= 0.3 is 5.97 Å². The Morgan fingerprint density at radius 2 is 2.12 bits per heavy atom.